The molecule has 4 rings (SSSR count). The summed E-state index contributed by atoms with van der Waals surface area (Å²) in [5.74, 6) is 1.48. The maximum atomic E-state index is 13.8. The summed E-state index contributed by atoms with van der Waals surface area (Å²) in [4.78, 5) is 33.1. The second-order valence-electron chi connectivity index (χ2n) is 10.1. The van der Waals surface area contributed by atoms with E-state index in [1.165, 1.54) is 38.8 Å². The Morgan fingerprint density at radius 1 is 1.00 bits per heavy atom. The highest BCUT2D eigenvalue weighted by Crippen LogP contribution is 2.42. The number of ether oxygens (including phenoxy) is 4. The molecule has 0 aromatic heterocycles. The zero-order valence-corrected chi connectivity index (χ0v) is 22.2. The van der Waals surface area contributed by atoms with Crippen LogP contribution in [0.4, 0.5) is 5.69 Å². The van der Waals surface area contributed by atoms with E-state index in [2.05, 4.69) is 4.90 Å². The molecule has 9 nitrogen and oxygen atoms in total. The summed E-state index contributed by atoms with van der Waals surface area (Å²) >= 11 is 0. The van der Waals surface area contributed by atoms with Gasteiger partial charge in [0.25, 0.3) is 0 Å². The van der Waals surface area contributed by atoms with Crippen LogP contribution in [0.5, 0.6) is 17.2 Å². The first-order valence-electron chi connectivity index (χ1n) is 13.1. The summed E-state index contributed by atoms with van der Waals surface area (Å²) in [6, 6.07) is 4.08. The molecule has 0 spiro atoms. The molecule has 0 aliphatic carbocycles. The predicted molar refractivity (Wildman–Crippen MR) is 137 cm³/mol. The average Bonchev–Trinajstić information content (AvgIpc) is 3.31. The van der Waals surface area contributed by atoms with Gasteiger partial charge in [0, 0.05) is 51.3 Å². The van der Waals surface area contributed by atoms with Gasteiger partial charge in [0.2, 0.25) is 17.6 Å². The molecule has 1 aromatic carbocycles. The molecule has 3 heterocycles. The van der Waals surface area contributed by atoms with E-state index in [4.69, 9.17) is 18.9 Å². The molecule has 0 saturated carbocycles. The highest BCUT2D eigenvalue weighted by Gasteiger charge is 2.40. The largest absolute Gasteiger partial charge is 0.493 e. The second-order valence-corrected chi connectivity index (χ2v) is 10.1. The zero-order chi connectivity index (χ0) is 25.7. The molecule has 0 unspecified atom stereocenters. The Labute approximate surface area is 214 Å². The van der Waals surface area contributed by atoms with Crippen LogP contribution in [-0.2, 0) is 14.3 Å². The molecule has 3 atom stereocenters. The van der Waals surface area contributed by atoms with Gasteiger partial charge < -0.3 is 33.6 Å². The molecule has 0 bridgehead atoms. The zero-order valence-electron chi connectivity index (χ0n) is 22.2. The number of methoxy groups -OCH3 is 4. The van der Waals surface area contributed by atoms with Gasteiger partial charge in [0.15, 0.2) is 11.5 Å². The smallest absolute Gasteiger partial charge is 0.228 e. The maximum absolute atomic E-state index is 13.8. The lowest BCUT2D eigenvalue weighted by molar-refractivity contribution is -0.137. The van der Waals surface area contributed by atoms with E-state index < -0.39 is 0 Å². The number of piperidine rings is 2. The van der Waals surface area contributed by atoms with Crippen molar-refractivity contribution in [2.24, 2.45) is 11.8 Å². The van der Waals surface area contributed by atoms with Gasteiger partial charge in [-0.15, -0.1) is 0 Å². The number of amides is 2. The van der Waals surface area contributed by atoms with E-state index >= 15 is 0 Å². The quantitative estimate of drug-likeness (QED) is 0.486. The Bertz CT molecular complexity index is 898. The van der Waals surface area contributed by atoms with Crippen molar-refractivity contribution in [1.29, 1.82) is 0 Å². The first-order chi connectivity index (χ1) is 17.5. The molecule has 3 saturated heterocycles. The van der Waals surface area contributed by atoms with Crippen LogP contribution in [0.1, 0.15) is 38.5 Å². The second kappa shape index (κ2) is 12.1. The van der Waals surface area contributed by atoms with Crippen LogP contribution in [0, 0.1) is 11.8 Å². The normalized spacial score (nSPS) is 24.4. The van der Waals surface area contributed by atoms with Crippen LogP contribution < -0.4 is 19.1 Å². The molecule has 0 N–H and O–H groups in total. The average molecular weight is 504 g/mol. The molecule has 200 valence electrons. The number of carbonyl (C=O) groups is 2. The molecule has 3 fully saturated rings. The minimum atomic E-state index is -0.389. The van der Waals surface area contributed by atoms with Crippen molar-refractivity contribution in [3.8, 4) is 17.2 Å². The van der Waals surface area contributed by atoms with E-state index in [1.54, 1.807) is 45.5 Å². The molecule has 2 amide bonds. The number of carbonyl (C=O) groups excluding carboxylic acids is 2. The summed E-state index contributed by atoms with van der Waals surface area (Å²) in [6.07, 6.45) is 6.29. The van der Waals surface area contributed by atoms with Crippen molar-refractivity contribution in [3.05, 3.63) is 12.1 Å². The number of fused-ring (bicyclic) bond motifs is 1. The Hall–Kier alpha value is -2.52. The van der Waals surface area contributed by atoms with Crippen LogP contribution in [0.25, 0.3) is 0 Å². The lowest BCUT2D eigenvalue weighted by atomic mass is 9.83. The number of hydrogen-bond donors (Lipinski definition) is 0. The topological polar surface area (TPSA) is 80.8 Å². The number of anilines is 1. The summed E-state index contributed by atoms with van der Waals surface area (Å²) in [6.45, 7) is 4.46. The van der Waals surface area contributed by atoms with Crippen molar-refractivity contribution in [3.63, 3.8) is 0 Å². The molecule has 1 aromatic rings. The van der Waals surface area contributed by atoms with E-state index in [9.17, 15) is 9.59 Å². The van der Waals surface area contributed by atoms with E-state index in [-0.39, 0.29) is 24.2 Å². The highest BCUT2D eigenvalue weighted by atomic mass is 16.5. The molecule has 0 radical (unpaired) electrons. The number of hydrogen-bond acceptors (Lipinski definition) is 7. The van der Waals surface area contributed by atoms with Crippen LogP contribution >= 0.6 is 0 Å². The molecular formula is C27H41N3O6. The van der Waals surface area contributed by atoms with E-state index in [0.29, 0.717) is 54.6 Å². The molecule has 3 aliphatic rings. The molecule has 3 aliphatic heterocycles. The number of nitrogens with zero attached hydrogens (tertiary/aromatic N) is 3. The first kappa shape index (κ1) is 26.5. The Morgan fingerprint density at radius 3 is 2.39 bits per heavy atom. The third-order valence-corrected chi connectivity index (χ3v) is 8.00. The van der Waals surface area contributed by atoms with Crippen molar-refractivity contribution >= 4 is 17.5 Å². The van der Waals surface area contributed by atoms with E-state index in [0.717, 1.165) is 13.0 Å². The molecule has 36 heavy (non-hydrogen) atoms. The monoisotopic (exact) mass is 503 g/mol. The lowest BCUT2D eigenvalue weighted by Crippen LogP contribution is -2.52. The van der Waals surface area contributed by atoms with Crippen LogP contribution in [0.3, 0.4) is 0 Å². The lowest BCUT2D eigenvalue weighted by Gasteiger charge is -2.46. The van der Waals surface area contributed by atoms with Gasteiger partial charge in [-0.05, 0) is 44.7 Å². The van der Waals surface area contributed by atoms with Crippen molar-refractivity contribution < 1.29 is 28.5 Å². The number of rotatable bonds is 10. The fourth-order valence-corrected chi connectivity index (χ4v) is 6.17. The predicted octanol–water partition coefficient (Wildman–Crippen LogP) is 2.80. The van der Waals surface area contributed by atoms with Crippen molar-refractivity contribution in [2.75, 3.05) is 72.7 Å². The van der Waals surface area contributed by atoms with Gasteiger partial charge in [0.1, 0.15) is 0 Å². The van der Waals surface area contributed by atoms with Gasteiger partial charge in [-0.1, -0.05) is 6.42 Å². The summed E-state index contributed by atoms with van der Waals surface area (Å²) in [7, 11) is 6.30. The van der Waals surface area contributed by atoms with Crippen molar-refractivity contribution in [2.45, 2.75) is 44.6 Å². The summed E-state index contributed by atoms with van der Waals surface area (Å²) in [5.41, 5.74) is 0.637. The number of benzene rings is 1. The third kappa shape index (κ3) is 5.57. The van der Waals surface area contributed by atoms with Gasteiger partial charge in [-0.25, -0.2) is 0 Å². The minimum Gasteiger partial charge on any atom is -0.493 e. The maximum Gasteiger partial charge on any atom is 0.228 e. The van der Waals surface area contributed by atoms with Crippen LogP contribution in [0.2, 0.25) is 0 Å². The fourth-order valence-electron chi connectivity index (χ4n) is 6.17. The van der Waals surface area contributed by atoms with Crippen LogP contribution in [0.15, 0.2) is 12.1 Å². The first-order valence-corrected chi connectivity index (χ1v) is 13.1. The van der Waals surface area contributed by atoms with E-state index in [1.807, 2.05) is 4.90 Å². The van der Waals surface area contributed by atoms with Gasteiger partial charge >= 0.3 is 0 Å². The molecular weight excluding hydrogens is 462 g/mol. The minimum absolute atomic E-state index is 0.0447. The van der Waals surface area contributed by atoms with Crippen molar-refractivity contribution in [1.82, 2.24) is 9.80 Å². The van der Waals surface area contributed by atoms with Gasteiger partial charge in [-0.3, -0.25) is 9.59 Å². The summed E-state index contributed by atoms with van der Waals surface area (Å²) in [5, 5.41) is 0. The Balaban J connectivity index is 1.49. The SMILES string of the molecule is COCCN(C[C@@H]1CCCN2CCCC[C@@H]12)C(=O)[C@@H]1CC(=O)N(c2cc(OC)c(OC)c(OC)c2)C1. The third-order valence-electron chi connectivity index (χ3n) is 8.00. The standard InChI is InChI=1S/C27H41N3O6/c1-33-13-12-29(17-19-8-7-11-28-10-6-5-9-22(19)28)27(32)20-14-25(31)30(18-20)21-15-23(34-2)26(36-4)24(16-21)35-3/h15-16,19-20,22H,5-14,17-18H2,1-4H3/t19-,20+,22-/m0/s1. The molecule has 9 heteroatoms. The highest BCUT2D eigenvalue weighted by molar-refractivity contribution is 6.00. The van der Waals surface area contributed by atoms with Gasteiger partial charge in [0.05, 0.1) is 39.5 Å². The van der Waals surface area contributed by atoms with Gasteiger partial charge in [-0.2, -0.15) is 0 Å². The fraction of sp³-hybridized carbons (Fsp3) is 0.704. The Morgan fingerprint density at radius 2 is 1.72 bits per heavy atom. The van der Waals surface area contributed by atoms with Crippen LogP contribution in [-0.4, -0.2) is 95.4 Å². The summed E-state index contributed by atoms with van der Waals surface area (Å²) < 4.78 is 21.7. The Kier molecular flexibility index (Phi) is 8.95.